The fourth-order valence-corrected chi connectivity index (χ4v) is 3.61. The third kappa shape index (κ3) is 5.45. The molecule has 0 radical (unpaired) electrons. The number of aryl methyl sites for hydroxylation is 3. The van der Waals surface area contributed by atoms with Gasteiger partial charge in [0.25, 0.3) is 5.56 Å². The highest BCUT2D eigenvalue weighted by Gasteiger charge is 2.14. The number of nitrogen functional groups attached to an aromatic ring is 1. The average molecular weight is 458 g/mol. The fourth-order valence-electron chi connectivity index (χ4n) is 3.42. The van der Waals surface area contributed by atoms with E-state index < -0.39 is 5.82 Å². The topological polar surface area (TPSA) is 102 Å². The minimum absolute atomic E-state index is 0.0750. The van der Waals surface area contributed by atoms with Crippen molar-refractivity contribution in [2.24, 2.45) is 0 Å². The number of aromatic nitrogens is 2. The summed E-state index contributed by atoms with van der Waals surface area (Å²) in [6.07, 6.45) is 1.49. The Balaban J connectivity index is 1.71. The molecule has 9 heteroatoms. The number of carbonyl (C=O) groups excluding carboxylic acids is 1. The number of rotatable bonds is 7. The van der Waals surface area contributed by atoms with E-state index in [1.807, 2.05) is 13.8 Å². The summed E-state index contributed by atoms with van der Waals surface area (Å²) in [6.45, 7) is 5.95. The maximum Gasteiger partial charge on any atom is 0.272 e. The summed E-state index contributed by atoms with van der Waals surface area (Å²) in [6, 6.07) is 7.53. The van der Waals surface area contributed by atoms with Crippen LogP contribution in [0.2, 0.25) is 5.02 Å². The molecule has 3 rings (SSSR count). The average Bonchev–Trinajstić information content (AvgIpc) is 2.72. The maximum absolute atomic E-state index is 13.5. The minimum Gasteiger partial charge on any atom is -0.384 e. The molecule has 0 saturated heterocycles. The SMILES string of the molecule is Cc1cc(N)nc(C)c1CNC(=O)Cc1c(C)ccn(NCc2cc(F)ccc2Cl)c1=O. The molecule has 0 aliphatic carbocycles. The predicted molar refractivity (Wildman–Crippen MR) is 124 cm³/mol. The van der Waals surface area contributed by atoms with E-state index in [2.05, 4.69) is 15.7 Å². The Labute approximate surface area is 190 Å². The van der Waals surface area contributed by atoms with Gasteiger partial charge in [0.1, 0.15) is 11.6 Å². The second-order valence-corrected chi connectivity index (χ2v) is 8.01. The van der Waals surface area contributed by atoms with Crippen LogP contribution in [0.5, 0.6) is 0 Å². The number of nitrogens with two attached hydrogens (primary N) is 1. The Morgan fingerprint density at radius 3 is 2.59 bits per heavy atom. The fraction of sp³-hybridized carbons (Fsp3) is 0.261. The number of hydrogen-bond donors (Lipinski definition) is 3. The predicted octanol–water partition coefficient (Wildman–Crippen LogP) is 3.15. The molecule has 0 atom stereocenters. The van der Waals surface area contributed by atoms with E-state index in [0.29, 0.717) is 34.1 Å². The van der Waals surface area contributed by atoms with Gasteiger partial charge in [0, 0.05) is 29.0 Å². The lowest BCUT2D eigenvalue weighted by Gasteiger charge is -2.14. The first kappa shape index (κ1) is 23.3. The van der Waals surface area contributed by atoms with Crippen molar-refractivity contribution >= 4 is 23.3 Å². The molecule has 0 saturated carbocycles. The minimum atomic E-state index is -0.415. The molecule has 4 N–H and O–H groups in total. The normalized spacial score (nSPS) is 10.8. The number of nitrogens with zero attached hydrogens (tertiary/aromatic N) is 2. The zero-order valence-electron chi connectivity index (χ0n) is 18.1. The third-order valence-electron chi connectivity index (χ3n) is 5.25. The summed E-state index contributed by atoms with van der Waals surface area (Å²) in [4.78, 5) is 29.7. The summed E-state index contributed by atoms with van der Waals surface area (Å²) in [5.41, 5.74) is 12.5. The van der Waals surface area contributed by atoms with Crippen molar-refractivity contribution < 1.29 is 9.18 Å². The van der Waals surface area contributed by atoms with E-state index in [1.54, 1.807) is 25.3 Å². The molecule has 2 heterocycles. The number of hydrogen-bond acceptors (Lipinski definition) is 5. The molecule has 0 fully saturated rings. The van der Waals surface area contributed by atoms with Gasteiger partial charge in [-0.1, -0.05) is 11.6 Å². The highest BCUT2D eigenvalue weighted by Crippen LogP contribution is 2.17. The number of halogens is 2. The first-order chi connectivity index (χ1) is 15.2. The summed E-state index contributed by atoms with van der Waals surface area (Å²) >= 11 is 6.09. The first-order valence-corrected chi connectivity index (χ1v) is 10.4. The molecular formula is C23H25ClFN5O2. The summed E-state index contributed by atoms with van der Waals surface area (Å²) < 4.78 is 14.7. The zero-order valence-corrected chi connectivity index (χ0v) is 18.9. The second kappa shape index (κ2) is 9.82. The first-order valence-electron chi connectivity index (χ1n) is 10.0. The molecule has 1 aromatic carbocycles. The Morgan fingerprint density at radius 2 is 1.88 bits per heavy atom. The molecular weight excluding hydrogens is 433 g/mol. The van der Waals surface area contributed by atoms with Crippen molar-refractivity contribution in [3.05, 3.63) is 91.2 Å². The highest BCUT2D eigenvalue weighted by atomic mass is 35.5. The number of pyridine rings is 2. The lowest BCUT2D eigenvalue weighted by Crippen LogP contribution is -2.34. The summed E-state index contributed by atoms with van der Waals surface area (Å²) in [5.74, 6) is -0.268. The van der Waals surface area contributed by atoms with E-state index in [0.717, 1.165) is 16.8 Å². The van der Waals surface area contributed by atoms with Crippen molar-refractivity contribution in [3.63, 3.8) is 0 Å². The van der Waals surface area contributed by atoms with Crippen LogP contribution in [0.15, 0.2) is 41.3 Å². The standard InChI is InChI=1S/C23H25ClFN5O2/c1-13-6-7-30(28-11-16-9-17(25)4-5-20(16)24)23(32)18(13)10-22(31)27-12-19-14(2)8-21(26)29-15(19)3/h4-9,28H,10-12H2,1-3H3,(H2,26,29)(H,27,31). The number of benzene rings is 1. The smallest absolute Gasteiger partial charge is 0.272 e. The zero-order chi connectivity index (χ0) is 23.4. The van der Waals surface area contributed by atoms with E-state index in [1.165, 1.54) is 22.9 Å². The van der Waals surface area contributed by atoms with Crippen LogP contribution in [0.3, 0.4) is 0 Å². The van der Waals surface area contributed by atoms with E-state index in [-0.39, 0.29) is 24.4 Å². The van der Waals surface area contributed by atoms with Gasteiger partial charge in [-0.3, -0.25) is 9.59 Å². The molecule has 7 nitrogen and oxygen atoms in total. The Morgan fingerprint density at radius 1 is 1.12 bits per heavy atom. The van der Waals surface area contributed by atoms with Gasteiger partial charge in [-0.15, -0.1) is 0 Å². The Hall–Kier alpha value is -3.39. The molecule has 0 aliphatic rings. The second-order valence-electron chi connectivity index (χ2n) is 7.60. The monoisotopic (exact) mass is 457 g/mol. The quantitative estimate of drug-likeness (QED) is 0.506. The van der Waals surface area contributed by atoms with Gasteiger partial charge in [0.2, 0.25) is 5.91 Å². The number of carbonyl (C=O) groups is 1. The van der Waals surface area contributed by atoms with Crippen LogP contribution in [0.4, 0.5) is 10.2 Å². The molecule has 0 unspecified atom stereocenters. The molecule has 168 valence electrons. The van der Waals surface area contributed by atoms with Crippen LogP contribution < -0.4 is 22.0 Å². The van der Waals surface area contributed by atoms with Gasteiger partial charge in [0.05, 0.1) is 13.0 Å². The van der Waals surface area contributed by atoms with Crippen LogP contribution in [0.1, 0.15) is 33.5 Å². The molecule has 2 aromatic heterocycles. The van der Waals surface area contributed by atoms with E-state index in [9.17, 15) is 14.0 Å². The molecule has 0 spiro atoms. The van der Waals surface area contributed by atoms with Crippen LogP contribution >= 0.6 is 11.6 Å². The molecule has 0 aliphatic heterocycles. The van der Waals surface area contributed by atoms with Crippen LogP contribution in [0, 0.1) is 26.6 Å². The summed E-state index contributed by atoms with van der Waals surface area (Å²) in [5, 5.41) is 3.24. The van der Waals surface area contributed by atoms with Gasteiger partial charge in [-0.25, -0.2) is 14.1 Å². The van der Waals surface area contributed by atoms with Gasteiger partial charge in [-0.2, -0.15) is 0 Å². The van der Waals surface area contributed by atoms with Gasteiger partial charge >= 0.3 is 0 Å². The maximum atomic E-state index is 13.5. The molecule has 3 aromatic rings. The van der Waals surface area contributed by atoms with E-state index >= 15 is 0 Å². The van der Waals surface area contributed by atoms with Crippen molar-refractivity contribution in [2.75, 3.05) is 11.2 Å². The number of anilines is 1. The van der Waals surface area contributed by atoms with Gasteiger partial charge in [0.15, 0.2) is 0 Å². The van der Waals surface area contributed by atoms with Gasteiger partial charge in [-0.05, 0) is 73.4 Å². The van der Waals surface area contributed by atoms with Crippen molar-refractivity contribution in [1.29, 1.82) is 0 Å². The van der Waals surface area contributed by atoms with Crippen molar-refractivity contribution in [3.8, 4) is 0 Å². The lowest BCUT2D eigenvalue weighted by atomic mass is 10.1. The van der Waals surface area contributed by atoms with Gasteiger partial charge < -0.3 is 16.5 Å². The third-order valence-corrected chi connectivity index (χ3v) is 5.62. The van der Waals surface area contributed by atoms with Crippen molar-refractivity contribution in [2.45, 2.75) is 40.3 Å². The highest BCUT2D eigenvalue weighted by molar-refractivity contribution is 6.31. The van der Waals surface area contributed by atoms with Crippen LogP contribution in [-0.4, -0.2) is 15.6 Å². The number of nitrogens with one attached hydrogen (secondary N) is 2. The molecule has 0 bridgehead atoms. The summed E-state index contributed by atoms with van der Waals surface area (Å²) in [7, 11) is 0. The molecule has 1 amide bonds. The lowest BCUT2D eigenvalue weighted by molar-refractivity contribution is -0.120. The largest absolute Gasteiger partial charge is 0.384 e. The number of amides is 1. The van der Waals surface area contributed by atoms with Crippen molar-refractivity contribution in [1.82, 2.24) is 15.0 Å². The Kier molecular flexibility index (Phi) is 7.15. The Bertz CT molecular complexity index is 1200. The van der Waals surface area contributed by atoms with Crippen LogP contribution in [-0.2, 0) is 24.3 Å². The van der Waals surface area contributed by atoms with E-state index in [4.69, 9.17) is 17.3 Å². The van der Waals surface area contributed by atoms with Crippen LogP contribution in [0.25, 0.3) is 0 Å². The molecule has 32 heavy (non-hydrogen) atoms.